The molecule has 19 heavy (non-hydrogen) atoms. The predicted molar refractivity (Wildman–Crippen MR) is 84.6 cm³/mol. The average Bonchev–Trinajstić information content (AvgIpc) is 2.40. The summed E-state index contributed by atoms with van der Waals surface area (Å²) in [4.78, 5) is 0. The maximum absolute atomic E-state index is 6.00. The van der Waals surface area contributed by atoms with Crippen LogP contribution in [-0.2, 0) is 0 Å². The van der Waals surface area contributed by atoms with Crippen LogP contribution >= 0.6 is 39.1 Å². The number of benzene rings is 2. The Morgan fingerprint density at radius 1 is 1.05 bits per heavy atom. The highest BCUT2D eigenvalue weighted by molar-refractivity contribution is 9.10. The van der Waals surface area contributed by atoms with E-state index in [9.17, 15) is 0 Å². The summed E-state index contributed by atoms with van der Waals surface area (Å²) in [6.45, 7) is 1.20. The molecule has 0 aromatic heterocycles. The molecule has 0 radical (unpaired) electrons. The zero-order valence-electron chi connectivity index (χ0n) is 10.00. The van der Waals surface area contributed by atoms with Crippen molar-refractivity contribution in [1.82, 2.24) is 0 Å². The largest absolute Gasteiger partial charge is 0.490 e. The number of hydrogen-bond acceptors (Lipinski definition) is 2. The molecule has 0 amide bonds. The third-order valence-corrected chi connectivity index (χ3v) is 3.50. The van der Waals surface area contributed by atoms with Crippen molar-refractivity contribution in [2.45, 2.75) is 0 Å². The van der Waals surface area contributed by atoms with Crippen molar-refractivity contribution in [3.05, 3.63) is 57.0 Å². The van der Waals surface area contributed by atoms with E-state index in [1.807, 2.05) is 24.3 Å². The monoisotopic (exact) mass is 359 g/mol. The van der Waals surface area contributed by atoms with Gasteiger partial charge in [-0.15, -0.1) is 0 Å². The van der Waals surface area contributed by atoms with Gasteiger partial charge in [0.1, 0.15) is 12.4 Å². The van der Waals surface area contributed by atoms with Gasteiger partial charge in [-0.05, 0) is 36.4 Å². The minimum Gasteiger partial charge on any atom is -0.490 e. The molecule has 1 N–H and O–H groups in total. The van der Waals surface area contributed by atoms with Crippen LogP contribution in [0.15, 0.2) is 46.9 Å². The molecular formula is C14H12BrCl2NO. The van der Waals surface area contributed by atoms with Crippen LogP contribution < -0.4 is 10.1 Å². The van der Waals surface area contributed by atoms with Crippen molar-refractivity contribution in [3.8, 4) is 5.75 Å². The van der Waals surface area contributed by atoms with Gasteiger partial charge in [0.25, 0.3) is 0 Å². The summed E-state index contributed by atoms with van der Waals surface area (Å²) in [6, 6.07) is 13.1. The molecule has 5 heteroatoms. The molecular weight excluding hydrogens is 349 g/mol. The molecule has 0 saturated heterocycles. The number of rotatable bonds is 5. The highest BCUT2D eigenvalue weighted by atomic mass is 79.9. The van der Waals surface area contributed by atoms with Crippen molar-refractivity contribution in [1.29, 1.82) is 0 Å². The first kappa shape index (κ1) is 14.5. The lowest BCUT2D eigenvalue weighted by atomic mass is 10.3. The molecule has 0 aliphatic rings. The first-order valence-electron chi connectivity index (χ1n) is 5.72. The molecule has 0 spiro atoms. The van der Waals surface area contributed by atoms with Gasteiger partial charge in [0, 0.05) is 27.8 Å². The summed E-state index contributed by atoms with van der Waals surface area (Å²) in [6.07, 6.45) is 0. The number of halogens is 3. The second-order valence-electron chi connectivity index (χ2n) is 3.86. The second-order valence-corrected chi connectivity index (χ2v) is 5.62. The minimum absolute atomic E-state index is 0.510. The van der Waals surface area contributed by atoms with E-state index >= 15 is 0 Å². The fourth-order valence-corrected chi connectivity index (χ4v) is 2.11. The fourth-order valence-electron chi connectivity index (χ4n) is 1.51. The summed E-state index contributed by atoms with van der Waals surface area (Å²) in [5.74, 6) is 0.603. The molecule has 0 bridgehead atoms. The number of nitrogens with one attached hydrogen (secondary N) is 1. The van der Waals surface area contributed by atoms with Gasteiger partial charge < -0.3 is 10.1 Å². The Balaban J connectivity index is 1.80. The van der Waals surface area contributed by atoms with Crippen LogP contribution in [0.3, 0.4) is 0 Å². The molecule has 2 aromatic carbocycles. The van der Waals surface area contributed by atoms with Crippen LogP contribution in [0.4, 0.5) is 5.69 Å². The zero-order valence-corrected chi connectivity index (χ0v) is 13.1. The Morgan fingerprint density at radius 3 is 2.53 bits per heavy atom. The zero-order chi connectivity index (χ0) is 13.7. The van der Waals surface area contributed by atoms with Crippen molar-refractivity contribution in [2.24, 2.45) is 0 Å². The first-order chi connectivity index (χ1) is 9.15. The quantitative estimate of drug-likeness (QED) is 0.735. The Morgan fingerprint density at radius 2 is 1.79 bits per heavy atom. The van der Waals surface area contributed by atoms with E-state index in [2.05, 4.69) is 21.2 Å². The third-order valence-electron chi connectivity index (χ3n) is 2.43. The molecule has 0 unspecified atom stereocenters. The van der Waals surface area contributed by atoms with Crippen molar-refractivity contribution in [2.75, 3.05) is 18.5 Å². The molecule has 0 atom stereocenters. The molecule has 100 valence electrons. The van der Waals surface area contributed by atoms with E-state index in [1.54, 1.807) is 18.2 Å². The SMILES string of the molecule is Clc1ccc(Cl)c(OCCNc2ccc(Br)cc2)c1. The van der Waals surface area contributed by atoms with E-state index in [-0.39, 0.29) is 0 Å². The smallest absolute Gasteiger partial charge is 0.139 e. The summed E-state index contributed by atoms with van der Waals surface area (Å²) >= 11 is 15.3. The van der Waals surface area contributed by atoms with Crippen molar-refractivity contribution in [3.63, 3.8) is 0 Å². The molecule has 2 aromatic rings. The maximum Gasteiger partial charge on any atom is 0.139 e. The highest BCUT2D eigenvalue weighted by Gasteiger charge is 2.02. The lowest BCUT2D eigenvalue weighted by Gasteiger charge is -2.10. The fraction of sp³-hybridized carbons (Fsp3) is 0.143. The molecule has 2 rings (SSSR count). The standard InChI is InChI=1S/C14H12BrCl2NO/c15-10-1-4-12(5-2-10)18-7-8-19-14-9-11(16)3-6-13(14)17/h1-6,9,18H,7-8H2. The summed E-state index contributed by atoms with van der Waals surface area (Å²) in [7, 11) is 0. The van der Waals surface area contributed by atoms with Gasteiger partial charge in [0.05, 0.1) is 5.02 Å². The lowest BCUT2D eigenvalue weighted by Crippen LogP contribution is -2.11. The van der Waals surface area contributed by atoms with Crippen LogP contribution in [0.1, 0.15) is 0 Å². The average molecular weight is 361 g/mol. The molecule has 2 nitrogen and oxygen atoms in total. The summed E-state index contributed by atoms with van der Waals surface area (Å²) in [5.41, 5.74) is 1.05. The predicted octanol–water partition coefficient (Wildman–Crippen LogP) is 5.25. The molecule has 0 aliphatic carbocycles. The van der Waals surface area contributed by atoms with E-state index in [4.69, 9.17) is 27.9 Å². The van der Waals surface area contributed by atoms with Crippen LogP contribution in [0.5, 0.6) is 5.75 Å². The molecule has 0 heterocycles. The first-order valence-corrected chi connectivity index (χ1v) is 7.27. The van der Waals surface area contributed by atoms with Crippen LogP contribution in [0, 0.1) is 0 Å². The van der Waals surface area contributed by atoms with Crippen LogP contribution in [0.2, 0.25) is 10.0 Å². The summed E-state index contributed by atoms with van der Waals surface area (Å²) < 4.78 is 6.63. The Bertz CT molecular complexity index is 546. The van der Waals surface area contributed by atoms with Crippen LogP contribution in [-0.4, -0.2) is 13.2 Å². The van der Waals surface area contributed by atoms with Crippen LogP contribution in [0.25, 0.3) is 0 Å². The van der Waals surface area contributed by atoms with E-state index in [0.717, 1.165) is 10.2 Å². The highest BCUT2D eigenvalue weighted by Crippen LogP contribution is 2.27. The Hall–Kier alpha value is -0.900. The molecule has 0 saturated carbocycles. The van der Waals surface area contributed by atoms with E-state index in [0.29, 0.717) is 28.9 Å². The van der Waals surface area contributed by atoms with Gasteiger partial charge in [-0.2, -0.15) is 0 Å². The second kappa shape index (κ2) is 7.04. The Kier molecular flexibility index (Phi) is 5.37. The van der Waals surface area contributed by atoms with Crippen molar-refractivity contribution >= 4 is 44.8 Å². The van der Waals surface area contributed by atoms with Gasteiger partial charge in [-0.3, -0.25) is 0 Å². The third kappa shape index (κ3) is 4.60. The van der Waals surface area contributed by atoms with Gasteiger partial charge >= 0.3 is 0 Å². The summed E-state index contributed by atoms with van der Waals surface area (Å²) in [5, 5.41) is 4.43. The number of hydrogen-bond donors (Lipinski definition) is 1. The lowest BCUT2D eigenvalue weighted by molar-refractivity contribution is 0.333. The van der Waals surface area contributed by atoms with Crippen molar-refractivity contribution < 1.29 is 4.74 Å². The van der Waals surface area contributed by atoms with E-state index in [1.165, 1.54) is 0 Å². The van der Waals surface area contributed by atoms with E-state index < -0.39 is 0 Å². The van der Waals surface area contributed by atoms with Gasteiger partial charge in [0.2, 0.25) is 0 Å². The minimum atomic E-state index is 0.510. The van der Waals surface area contributed by atoms with Gasteiger partial charge in [-0.1, -0.05) is 39.1 Å². The molecule has 0 fully saturated rings. The van der Waals surface area contributed by atoms with Gasteiger partial charge in [-0.25, -0.2) is 0 Å². The molecule has 0 aliphatic heterocycles. The van der Waals surface area contributed by atoms with Gasteiger partial charge in [0.15, 0.2) is 0 Å². The topological polar surface area (TPSA) is 21.3 Å². The maximum atomic E-state index is 6.00. The number of ether oxygens (including phenoxy) is 1. The Labute approximate surface area is 130 Å². The number of anilines is 1. The normalized spacial score (nSPS) is 10.3.